The van der Waals surface area contributed by atoms with Gasteiger partial charge in [0.2, 0.25) is 0 Å². The number of aromatic nitrogens is 2. The molecule has 480 valence electrons. The van der Waals surface area contributed by atoms with Gasteiger partial charge in [0.15, 0.2) is 0 Å². The third-order valence-electron chi connectivity index (χ3n) is 18.4. The minimum atomic E-state index is -1.70. The van der Waals surface area contributed by atoms with E-state index in [1.807, 2.05) is 132 Å². The van der Waals surface area contributed by atoms with Crippen LogP contribution in [0.25, 0.3) is 77.2 Å². The molecule has 5 heteroatoms. The topological polar surface area (TPSA) is 16.3 Å². The number of fused-ring (bicyclic) bond motifs is 10. The zero-order chi connectivity index (χ0) is 74.1. The molecule has 2 aliphatic heterocycles. The standard InChI is InChI=1S/C91H93BN4/c1-87(2,3)54-59-26-42-78-72(46-59)73-47-60(55-88(4,5)6)27-43-79(73)95(78)70-38-40-76-82(52-70)93(68-34-30-66(31-35-68)64-22-18-16-19-23-64)84-50-63(58-91(13,14)15)51-85-86(84)92(76)77-41-39-71(53-83(77)94(85)69-36-32-67(33-37-69)65-24-20-17-21-25-65)96-80-44-28-61(56-89(7,8)9)48-74(80)75-49-62(29-45-81(75)96)57-90(10,11)12/h16-53H,54-58H2,1-15H3/i54D2,55D2,56D2,57D2. The van der Waals surface area contributed by atoms with Gasteiger partial charge in [-0.15, -0.1) is 0 Å². The van der Waals surface area contributed by atoms with Gasteiger partial charge in [-0.3, -0.25) is 0 Å². The molecule has 4 heterocycles. The second-order valence-electron chi connectivity index (χ2n) is 32.3. The Labute approximate surface area is 582 Å². The first-order valence-electron chi connectivity index (χ1n) is 38.3. The van der Waals surface area contributed by atoms with Crippen LogP contribution in [0.3, 0.4) is 0 Å². The summed E-state index contributed by atoms with van der Waals surface area (Å²) >= 11 is 0. The zero-order valence-corrected chi connectivity index (χ0v) is 58.5. The first-order chi connectivity index (χ1) is 48.7. The molecule has 13 aromatic rings. The van der Waals surface area contributed by atoms with Crippen molar-refractivity contribution in [3.8, 4) is 33.6 Å². The molecular formula is C91H93BN4. The zero-order valence-electron chi connectivity index (χ0n) is 66.5. The molecule has 0 fully saturated rings. The van der Waals surface area contributed by atoms with Crippen LogP contribution in [-0.4, -0.2) is 15.8 Å². The van der Waals surface area contributed by atoms with Gasteiger partial charge in [-0.2, -0.15) is 0 Å². The maximum absolute atomic E-state index is 9.57. The lowest BCUT2D eigenvalue weighted by molar-refractivity contribution is 0.411. The summed E-state index contributed by atoms with van der Waals surface area (Å²) in [5.74, 6) is 0. The van der Waals surface area contributed by atoms with Crippen molar-refractivity contribution in [2.75, 3.05) is 9.80 Å². The molecule has 0 aliphatic carbocycles. The van der Waals surface area contributed by atoms with Crippen LogP contribution in [0.1, 0.15) is 143 Å². The Morgan fingerprint density at radius 1 is 0.281 bits per heavy atom. The van der Waals surface area contributed by atoms with Gasteiger partial charge in [-0.05, 0) is 235 Å². The second-order valence-corrected chi connectivity index (χ2v) is 32.3. The van der Waals surface area contributed by atoms with E-state index in [2.05, 4.69) is 222 Å². The minimum Gasteiger partial charge on any atom is -0.311 e. The molecule has 0 saturated carbocycles. The van der Waals surface area contributed by atoms with Crippen molar-refractivity contribution in [2.24, 2.45) is 27.1 Å². The van der Waals surface area contributed by atoms with E-state index in [0.29, 0.717) is 22.3 Å². The number of benzene rings is 11. The van der Waals surface area contributed by atoms with Crippen LogP contribution in [0.15, 0.2) is 231 Å². The van der Waals surface area contributed by atoms with E-state index >= 15 is 0 Å². The molecule has 0 atom stereocenters. The molecule has 0 radical (unpaired) electrons. The summed E-state index contributed by atoms with van der Waals surface area (Å²) in [7, 11) is 0. The Bertz CT molecular complexity index is 5060. The highest BCUT2D eigenvalue weighted by Crippen LogP contribution is 2.48. The van der Waals surface area contributed by atoms with Crippen LogP contribution in [0.4, 0.5) is 34.1 Å². The molecule has 0 spiro atoms. The van der Waals surface area contributed by atoms with Gasteiger partial charge in [0.1, 0.15) is 0 Å². The molecule has 4 nitrogen and oxygen atoms in total. The molecule has 15 rings (SSSR count). The molecule has 0 saturated heterocycles. The minimum absolute atomic E-state index is 0.116. The van der Waals surface area contributed by atoms with Crippen molar-refractivity contribution < 1.29 is 11.0 Å². The van der Waals surface area contributed by atoms with Crippen molar-refractivity contribution in [3.63, 3.8) is 0 Å². The van der Waals surface area contributed by atoms with Crippen molar-refractivity contribution in [1.29, 1.82) is 0 Å². The van der Waals surface area contributed by atoms with E-state index in [9.17, 15) is 11.0 Å². The molecule has 11 aromatic carbocycles. The highest BCUT2D eigenvalue weighted by atomic mass is 15.2. The Balaban J connectivity index is 1.03. The molecule has 0 N–H and O–H groups in total. The fraction of sp³-hybridized carbons (Fsp3) is 0.275. The predicted molar refractivity (Wildman–Crippen MR) is 416 cm³/mol. The van der Waals surface area contributed by atoms with E-state index in [1.165, 1.54) is 11.0 Å². The maximum Gasteiger partial charge on any atom is 0.252 e. The van der Waals surface area contributed by atoms with E-state index in [4.69, 9.17) is 0 Å². The Morgan fingerprint density at radius 3 is 0.885 bits per heavy atom. The maximum atomic E-state index is 9.57. The molecule has 96 heavy (non-hydrogen) atoms. The molecular weight excluding hydrogens is 1160 g/mol. The monoisotopic (exact) mass is 1260 g/mol. The Hall–Kier alpha value is -9.32. The average Bonchev–Trinajstić information content (AvgIpc) is 0.826. The van der Waals surface area contributed by atoms with Crippen molar-refractivity contribution in [2.45, 2.75) is 136 Å². The third-order valence-corrected chi connectivity index (χ3v) is 18.4. The lowest BCUT2D eigenvalue weighted by atomic mass is 9.33. The van der Waals surface area contributed by atoms with Crippen LogP contribution in [0.2, 0.25) is 0 Å². The number of rotatable bonds is 11. The van der Waals surface area contributed by atoms with Gasteiger partial charge in [0.25, 0.3) is 6.71 Å². The van der Waals surface area contributed by atoms with Crippen molar-refractivity contribution in [1.82, 2.24) is 9.13 Å². The summed E-state index contributed by atoms with van der Waals surface area (Å²) in [4.78, 5) is 4.96. The van der Waals surface area contributed by atoms with Gasteiger partial charge in [0.05, 0.1) is 22.1 Å². The highest BCUT2D eigenvalue weighted by molar-refractivity contribution is 7.00. The molecule has 2 aliphatic rings. The number of hydrogen-bond acceptors (Lipinski definition) is 2. The molecule has 0 bridgehead atoms. The van der Waals surface area contributed by atoms with Gasteiger partial charge in [-0.1, -0.05) is 225 Å². The first-order valence-corrected chi connectivity index (χ1v) is 34.3. The van der Waals surface area contributed by atoms with Gasteiger partial charge >= 0.3 is 0 Å². The third kappa shape index (κ3) is 12.1. The van der Waals surface area contributed by atoms with Crippen LogP contribution >= 0.6 is 0 Å². The van der Waals surface area contributed by atoms with Crippen LogP contribution in [0, 0.1) is 27.1 Å². The molecule has 0 amide bonds. The van der Waals surface area contributed by atoms with Gasteiger partial charge < -0.3 is 18.9 Å². The first kappa shape index (κ1) is 53.9. The van der Waals surface area contributed by atoms with Crippen LogP contribution in [0.5, 0.6) is 0 Å². The van der Waals surface area contributed by atoms with E-state index < -0.39 is 47.2 Å². The smallest absolute Gasteiger partial charge is 0.252 e. The summed E-state index contributed by atoms with van der Waals surface area (Å²) in [5, 5.41) is 3.39. The Morgan fingerprint density at radius 2 is 0.583 bits per heavy atom. The fourth-order valence-corrected chi connectivity index (χ4v) is 15.1. The van der Waals surface area contributed by atoms with Crippen LogP contribution < -0.4 is 26.2 Å². The number of anilines is 6. The molecule has 0 unspecified atom stereocenters. The second kappa shape index (κ2) is 23.2. The number of nitrogens with zero attached hydrogens (tertiary/aromatic N) is 4. The summed E-state index contributed by atoms with van der Waals surface area (Å²) in [6.07, 6.45) is -6.01. The predicted octanol–water partition coefficient (Wildman–Crippen LogP) is 23.2. The van der Waals surface area contributed by atoms with E-state index in [0.717, 1.165) is 129 Å². The largest absolute Gasteiger partial charge is 0.311 e. The summed E-state index contributed by atoms with van der Waals surface area (Å²) in [5.41, 5.74) is 19.7. The SMILES string of the molecule is [2H]C([2H])(c1ccc2c(c1)c1cc(C([2H])([2H])C(C)(C)C)ccc1n2-c1ccc2c(c1)N(c1ccc(-c3ccccc3)cc1)c1cc(CC(C)(C)C)cc3c1B2c1ccc(-n2c4ccc(C([2H])([2H])C(C)(C)C)cc4c4cc(C([2H])([2H])C(C)(C)C)ccc42)cc1N3c1ccc(-c2ccccc2)cc1)C(C)(C)C. The summed E-state index contributed by atoms with van der Waals surface area (Å²) in [6.45, 7) is 29.9. The quantitative estimate of drug-likeness (QED) is 0.120. The number of hydrogen-bond donors (Lipinski definition) is 0. The lowest BCUT2D eigenvalue weighted by Gasteiger charge is -2.45. The average molecular weight is 1260 g/mol. The molecule has 2 aromatic heterocycles. The summed E-state index contributed by atoms with van der Waals surface area (Å²) < 4.78 is 81.1. The highest BCUT2D eigenvalue weighted by Gasteiger charge is 2.44. The summed E-state index contributed by atoms with van der Waals surface area (Å²) in [6, 6.07) is 81.7. The fourth-order valence-electron chi connectivity index (χ4n) is 15.1. The van der Waals surface area contributed by atoms with Crippen molar-refractivity contribution in [3.05, 3.63) is 258 Å². The van der Waals surface area contributed by atoms with Gasteiger partial charge in [0, 0.05) is 78.0 Å². The van der Waals surface area contributed by atoms with Crippen molar-refractivity contribution >= 4 is 101 Å². The van der Waals surface area contributed by atoms with E-state index in [1.54, 1.807) is 0 Å². The van der Waals surface area contributed by atoms with E-state index in [-0.39, 0.29) is 12.1 Å². The normalized spacial score (nSPS) is 15.3. The van der Waals surface area contributed by atoms with Gasteiger partial charge in [-0.25, -0.2) is 0 Å². The Kier molecular flexibility index (Phi) is 13.0. The lowest BCUT2D eigenvalue weighted by Crippen LogP contribution is -2.61. The van der Waals surface area contributed by atoms with Crippen LogP contribution in [-0.2, 0) is 31.9 Å².